The van der Waals surface area contributed by atoms with Gasteiger partial charge in [-0.1, -0.05) is 43.0 Å². The standard InChI is InChI=1S/C31H32N2O7S/c1-6-15-39-22-12-9-20(10-13-22)25-24(26(34)21-11-14-23(18(4)17-21)40-16-7-2)27(35)29(36)33(25)31-32-19(5)28(41-31)30(37)38-8-3/h7,9-14,17,25,34H,2,6,8,15-16H2,1,3-5H3. The molecule has 1 atom stereocenters. The van der Waals surface area contributed by atoms with Gasteiger partial charge in [-0.2, -0.15) is 0 Å². The first kappa shape index (κ1) is 29.5. The van der Waals surface area contributed by atoms with Crippen molar-refractivity contribution in [3.8, 4) is 11.5 Å². The van der Waals surface area contributed by atoms with Crippen molar-refractivity contribution in [3.05, 3.63) is 88.0 Å². The van der Waals surface area contributed by atoms with Gasteiger partial charge in [-0.05, 0) is 68.7 Å². The van der Waals surface area contributed by atoms with Crippen molar-refractivity contribution in [2.75, 3.05) is 24.7 Å². The molecule has 10 heteroatoms. The Balaban J connectivity index is 1.85. The number of Topliss-reactive ketones (excluding diaryl/α,β-unsaturated/α-hetero) is 1. The van der Waals surface area contributed by atoms with E-state index in [0.717, 1.165) is 23.3 Å². The van der Waals surface area contributed by atoms with E-state index in [1.165, 1.54) is 4.90 Å². The fourth-order valence-corrected chi connectivity index (χ4v) is 5.43. The fraction of sp³-hybridized carbons (Fsp3) is 0.290. The van der Waals surface area contributed by atoms with E-state index >= 15 is 0 Å². The van der Waals surface area contributed by atoms with Crippen molar-refractivity contribution < 1.29 is 33.7 Å². The van der Waals surface area contributed by atoms with E-state index in [4.69, 9.17) is 14.2 Å². The molecular weight excluding hydrogens is 544 g/mol. The van der Waals surface area contributed by atoms with Crippen LogP contribution in [-0.2, 0) is 14.3 Å². The number of ether oxygens (including phenoxy) is 3. The Morgan fingerprint density at radius 1 is 1.12 bits per heavy atom. The molecule has 1 unspecified atom stereocenters. The number of amides is 1. The van der Waals surface area contributed by atoms with E-state index in [-0.39, 0.29) is 27.9 Å². The zero-order chi connectivity index (χ0) is 29.7. The molecule has 2 aromatic carbocycles. The Morgan fingerprint density at radius 3 is 2.49 bits per heavy atom. The van der Waals surface area contributed by atoms with Gasteiger partial charge in [-0.3, -0.25) is 14.5 Å². The van der Waals surface area contributed by atoms with Crippen molar-refractivity contribution in [2.45, 2.75) is 40.2 Å². The molecule has 1 aliphatic rings. The average Bonchev–Trinajstić information content (AvgIpc) is 3.47. The van der Waals surface area contributed by atoms with Crippen molar-refractivity contribution in [1.29, 1.82) is 0 Å². The fourth-order valence-electron chi connectivity index (χ4n) is 4.45. The molecule has 0 aliphatic carbocycles. The Labute approximate surface area is 242 Å². The molecule has 3 aromatic rings. The number of thiazole rings is 1. The van der Waals surface area contributed by atoms with E-state index in [9.17, 15) is 19.5 Å². The highest BCUT2D eigenvalue weighted by atomic mass is 32.1. The highest BCUT2D eigenvalue weighted by Crippen LogP contribution is 2.44. The second kappa shape index (κ2) is 12.8. The molecule has 1 fully saturated rings. The van der Waals surface area contributed by atoms with E-state index in [1.54, 1.807) is 62.4 Å². The van der Waals surface area contributed by atoms with E-state index in [0.29, 0.717) is 41.5 Å². The number of rotatable bonds is 11. The average molecular weight is 577 g/mol. The molecule has 0 bridgehead atoms. The van der Waals surface area contributed by atoms with E-state index < -0.39 is 23.7 Å². The number of aliphatic hydroxyl groups is 1. The predicted molar refractivity (Wildman–Crippen MR) is 157 cm³/mol. The van der Waals surface area contributed by atoms with Crippen LogP contribution in [0, 0.1) is 13.8 Å². The first-order chi connectivity index (χ1) is 19.7. The Morgan fingerprint density at radius 2 is 1.85 bits per heavy atom. The van der Waals surface area contributed by atoms with Crippen LogP contribution < -0.4 is 14.4 Å². The zero-order valence-corrected chi connectivity index (χ0v) is 24.2. The number of carbonyl (C=O) groups is 3. The highest BCUT2D eigenvalue weighted by Gasteiger charge is 2.48. The molecular formula is C31H32N2O7S. The van der Waals surface area contributed by atoms with Gasteiger partial charge in [0.2, 0.25) is 0 Å². The Hall–Kier alpha value is -4.44. The molecule has 0 saturated carbocycles. The minimum absolute atomic E-state index is 0.0954. The van der Waals surface area contributed by atoms with Crippen LogP contribution in [0.1, 0.15) is 58.4 Å². The second-order valence-electron chi connectivity index (χ2n) is 9.30. The number of anilines is 1. The lowest BCUT2D eigenvalue weighted by atomic mass is 9.95. The maximum atomic E-state index is 13.5. The molecule has 1 saturated heterocycles. The predicted octanol–water partition coefficient (Wildman–Crippen LogP) is 5.92. The number of benzene rings is 2. The van der Waals surface area contributed by atoms with Gasteiger partial charge < -0.3 is 19.3 Å². The maximum absolute atomic E-state index is 13.5. The Kier molecular flexibility index (Phi) is 9.24. The monoisotopic (exact) mass is 576 g/mol. The number of aliphatic hydroxyl groups excluding tert-OH is 1. The van der Waals surface area contributed by atoms with Crippen molar-refractivity contribution >= 4 is 39.9 Å². The number of aromatic nitrogens is 1. The Bertz CT molecular complexity index is 1510. The summed E-state index contributed by atoms with van der Waals surface area (Å²) >= 11 is 0.959. The van der Waals surface area contributed by atoms with Gasteiger partial charge in [-0.25, -0.2) is 9.78 Å². The first-order valence-corrected chi connectivity index (χ1v) is 14.1. The first-order valence-electron chi connectivity index (χ1n) is 13.2. The number of nitrogens with zero attached hydrogens (tertiary/aromatic N) is 2. The third kappa shape index (κ3) is 6.02. The largest absolute Gasteiger partial charge is 0.507 e. The quantitative estimate of drug-likeness (QED) is 0.0984. The van der Waals surface area contributed by atoms with E-state index in [2.05, 4.69) is 11.6 Å². The van der Waals surface area contributed by atoms with Gasteiger partial charge in [-0.15, -0.1) is 0 Å². The third-order valence-corrected chi connectivity index (χ3v) is 7.51. The van der Waals surface area contributed by atoms with Crippen LogP contribution in [0.15, 0.2) is 60.7 Å². The molecule has 4 rings (SSSR count). The van der Waals surface area contributed by atoms with Crippen molar-refractivity contribution in [1.82, 2.24) is 4.98 Å². The van der Waals surface area contributed by atoms with Crippen molar-refractivity contribution in [2.24, 2.45) is 0 Å². The van der Waals surface area contributed by atoms with Gasteiger partial charge in [0.25, 0.3) is 5.78 Å². The lowest BCUT2D eigenvalue weighted by Gasteiger charge is -2.23. The van der Waals surface area contributed by atoms with Crippen LogP contribution in [-0.4, -0.2) is 47.6 Å². The van der Waals surface area contributed by atoms with Crippen LogP contribution in [0.3, 0.4) is 0 Å². The topological polar surface area (TPSA) is 115 Å². The number of hydrogen-bond acceptors (Lipinski definition) is 9. The summed E-state index contributed by atoms with van der Waals surface area (Å²) in [4.78, 5) is 45.5. The minimum atomic E-state index is -1.01. The number of ketones is 1. The molecule has 1 aromatic heterocycles. The lowest BCUT2D eigenvalue weighted by molar-refractivity contribution is -0.132. The molecule has 214 valence electrons. The van der Waals surface area contributed by atoms with Crippen LogP contribution in [0.4, 0.5) is 5.13 Å². The van der Waals surface area contributed by atoms with Gasteiger partial charge >= 0.3 is 11.9 Å². The second-order valence-corrected chi connectivity index (χ2v) is 10.3. The molecule has 1 aliphatic heterocycles. The summed E-state index contributed by atoms with van der Waals surface area (Å²) in [5.41, 5.74) is 1.92. The molecule has 1 N–H and O–H groups in total. The molecule has 0 radical (unpaired) electrons. The van der Waals surface area contributed by atoms with Gasteiger partial charge in [0.15, 0.2) is 5.13 Å². The normalized spacial score (nSPS) is 16.1. The third-order valence-electron chi connectivity index (χ3n) is 6.37. The number of hydrogen-bond donors (Lipinski definition) is 1. The number of esters is 1. The van der Waals surface area contributed by atoms with Gasteiger partial charge in [0.05, 0.1) is 30.5 Å². The van der Waals surface area contributed by atoms with Crippen LogP contribution >= 0.6 is 11.3 Å². The highest BCUT2D eigenvalue weighted by molar-refractivity contribution is 7.17. The lowest BCUT2D eigenvalue weighted by Crippen LogP contribution is -2.29. The van der Waals surface area contributed by atoms with Gasteiger partial charge in [0.1, 0.15) is 28.7 Å². The summed E-state index contributed by atoms with van der Waals surface area (Å²) < 4.78 is 16.5. The summed E-state index contributed by atoms with van der Waals surface area (Å²) in [7, 11) is 0. The smallest absolute Gasteiger partial charge is 0.350 e. The summed E-state index contributed by atoms with van der Waals surface area (Å²) in [5, 5.41) is 11.6. The molecule has 9 nitrogen and oxygen atoms in total. The molecule has 0 spiro atoms. The number of aryl methyl sites for hydroxylation is 2. The van der Waals surface area contributed by atoms with Crippen LogP contribution in [0.2, 0.25) is 0 Å². The summed E-state index contributed by atoms with van der Waals surface area (Å²) in [6.07, 6.45) is 2.46. The maximum Gasteiger partial charge on any atom is 0.350 e. The van der Waals surface area contributed by atoms with Crippen LogP contribution in [0.5, 0.6) is 11.5 Å². The minimum Gasteiger partial charge on any atom is -0.507 e. The van der Waals surface area contributed by atoms with E-state index in [1.807, 2.05) is 13.8 Å². The number of carbonyl (C=O) groups excluding carboxylic acids is 3. The molecule has 41 heavy (non-hydrogen) atoms. The molecule has 1 amide bonds. The molecule has 2 heterocycles. The summed E-state index contributed by atoms with van der Waals surface area (Å²) in [6.45, 7) is 11.8. The zero-order valence-electron chi connectivity index (χ0n) is 23.4. The SMILES string of the molecule is C=CCOc1ccc(C(O)=C2C(=O)C(=O)N(c3nc(C)c(C(=O)OCC)s3)C2c2ccc(OCCC)cc2)cc1C. The van der Waals surface area contributed by atoms with Crippen molar-refractivity contribution in [3.63, 3.8) is 0 Å². The summed E-state index contributed by atoms with van der Waals surface area (Å²) in [5.74, 6) is -1.39. The summed E-state index contributed by atoms with van der Waals surface area (Å²) in [6, 6.07) is 11.0. The van der Waals surface area contributed by atoms with Crippen LogP contribution in [0.25, 0.3) is 5.76 Å². The van der Waals surface area contributed by atoms with Gasteiger partial charge in [0, 0.05) is 5.56 Å².